The normalized spacial score (nSPS) is 14.1. The van der Waals surface area contributed by atoms with Crippen LogP contribution in [0.15, 0.2) is 48.5 Å². The van der Waals surface area contributed by atoms with Gasteiger partial charge in [0, 0.05) is 17.9 Å². The fourth-order valence-electron chi connectivity index (χ4n) is 2.17. The highest BCUT2D eigenvalue weighted by Gasteiger charge is 2.22. The van der Waals surface area contributed by atoms with Crippen LogP contribution >= 0.6 is 11.6 Å². The van der Waals surface area contributed by atoms with Gasteiger partial charge in [-0.1, -0.05) is 48.0 Å². The lowest BCUT2D eigenvalue weighted by atomic mass is 9.90. The third-order valence-electron chi connectivity index (χ3n) is 3.01. The van der Waals surface area contributed by atoms with Gasteiger partial charge in [0.15, 0.2) is 0 Å². The van der Waals surface area contributed by atoms with Crippen LogP contribution in [0.2, 0.25) is 5.02 Å². The van der Waals surface area contributed by atoms with Crippen molar-refractivity contribution in [3.63, 3.8) is 0 Å². The Morgan fingerprint density at radius 3 is 2.42 bits per heavy atom. The van der Waals surface area contributed by atoms with E-state index in [-0.39, 0.29) is 5.82 Å². The van der Waals surface area contributed by atoms with Crippen molar-refractivity contribution in [2.75, 3.05) is 0 Å². The summed E-state index contributed by atoms with van der Waals surface area (Å²) in [5.74, 6) is -0.364. The number of benzene rings is 2. The van der Waals surface area contributed by atoms with Gasteiger partial charge in [-0.05, 0) is 30.2 Å². The number of hydrogen-bond acceptors (Lipinski definition) is 1. The third kappa shape index (κ3) is 4.05. The van der Waals surface area contributed by atoms with E-state index in [4.69, 9.17) is 11.6 Å². The van der Waals surface area contributed by atoms with Crippen LogP contribution in [0.3, 0.4) is 0 Å². The van der Waals surface area contributed by atoms with E-state index in [0.29, 0.717) is 17.9 Å². The number of rotatable bonds is 4. The molecular weight excluding hydrogens is 263 g/mol. The first-order chi connectivity index (χ1) is 8.96. The van der Waals surface area contributed by atoms with E-state index in [1.54, 1.807) is 13.0 Å². The minimum atomic E-state index is -0.914. The van der Waals surface area contributed by atoms with E-state index in [1.807, 2.05) is 30.3 Å². The first-order valence-corrected chi connectivity index (χ1v) is 6.54. The van der Waals surface area contributed by atoms with Crippen molar-refractivity contribution in [1.29, 1.82) is 0 Å². The summed E-state index contributed by atoms with van der Waals surface area (Å²) in [7, 11) is 0. The van der Waals surface area contributed by atoms with E-state index in [1.165, 1.54) is 12.1 Å². The van der Waals surface area contributed by atoms with Gasteiger partial charge in [0.25, 0.3) is 0 Å². The van der Waals surface area contributed by atoms with Crippen molar-refractivity contribution in [3.05, 3.63) is 70.5 Å². The van der Waals surface area contributed by atoms with Crippen LogP contribution in [0.1, 0.15) is 18.1 Å². The second kappa shape index (κ2) is 5.72. The molecule has 3 heteroatoms. The van der Waals surface area contributed by atoms with Gasteiger partial charge in [0.1, 0.15) is 5.82 Å². The minimum Gasteiger partial charge on any atom is -0.389 e. The largest absolute Gasteiger partial charge is 0.389 e. The van der Waals surface area contributed by atoms with Gasteiger partial charge >= 0.3 is 0 Å². The summed E-state index contributed by atoms with van der Waals surface area (Å²) in [5.41, 5.74) is 0.901. The van der Waals surface area contributed by atoms with Crippen molar-refractivity contribution >= 4 is 11.6 Å². The quantitative estimate of drug-likeness (QED) is 0.896. The third-order valence-corrected chi connectivity index (χ3v) is 3.37. The molecule has 100 valence electrons. The molecule has 19 heavy (non-hydrogen) atoms. The molecule has 2 aromatic carbocycles. The molecule has 1 unspecified atom stereocenters. The van der Waals surface area contributed by atoms with E-state index in [2.05, 4.69) is 0 Å². The van der Waals surface area contributed by atoms with Crippen LogP contribution in [-0.2, 0) is 12.8 Å². The number of halogens is 2. The maximum Gasteiger partial charge on any atom is 0.124 e. The summed E-state index contributed by atoms with van der Waals surface area (Å²) in [4.78, 5) is 0. The Morgan fingerprint density at radius 2 is 1.79 bits per heavy atom. The lowest BCUT2D eigenvalue weighted by molar-refractivity contribution is 0.0608. The van der Waals surface area contributed by atoms with Gasteiger partial charge in [0.2, 0.25) is 0 Å². The molecule has 0 fully saturated rings. The monoisotopic (exact) mass is 278 g/mol. The molecule has 1 nitrogen and oxygen atoms in total. The molecule has 0 spiro atoms. The lowest BCUT2D eigenvalue weighted by Gasteiger charge is -2.24. The Kier molecular flexibility index (Phi) is 4.23. The molecule has 0 saturated heterocycles. The minimum absolute atomic E-state index is 0.355. The fourth-order valence-corrected chi connectivity index (χ4v) is 2.41. The summed E-state index contributed by atoms with van der Waals surface area (Å²) in [6, 6.07) is 14.0. The van der Waals surface area contributed by atoms with Gasteiger partial charge < -0.3 is 5.11 Å². The Balaban J connectivity index is 2.12. The smallest absolute Gasteiger partial charge is 0.124 e. The summed E-state index contributed by atoms with van der Waals surface area (Å²) >= 11 is 5.99. The van der Waals surface area contributed by atoms with E-state index < -0.39 is 5.60 Å². The molecule has 0 saturated carbocycles. The molecule has 0 heterocycles. The molecule has 0 radical (unpaired) electrons. The highest BCUT2D eigenvalue weighted by Crippen LogP contribution is 2.24. The first kappa shape index (κ1) is 14.0. The summed E-state index contributed by atoms with van der Waals surface area (Å²) in [5, 5.41) is 10.8. The zero-order chi connectivity index (χ0) is 13.9. The first-order valence-electron chi connectivity index (χ1n) is 6.16. The second-order valence-electron chi connectivity index (χ2n) is 5.07. The standard InChI is InChI=1S/C16H16ClFO/c1-16(19,10-12-5-3-2-4-6-12)11-13-7-8-14(18)9-15(13)17/h2-9,19H,10-11H2,1H3. The maximum absolute atomic E-state index is 13.0. The van der Waals surface area contributed by atoms with Gasteiger partial charge in [-0.15, -0.1) is 0 Å². The Morgan fingerprint density at radius 1 is 1.11 bits per heavy atom. The van der Waals surface area contributed by atoms with Crippen LogP contribution < -0.4 is 0 Å². The van der Waals surface area contributed by atoms with Crippen molar-refractivity contribution in [3.8, 4) is 0 Å². The van der Waals surface area contributed by atoms with Gasteiger partial charge in [-0.25, -0.2) is 4.39 Å². The van der Waals surface area contributed by atoms with Gasteiger partial charge in [-0.2, -0.15) is 0 Å². The zero-order valence-corrected chi connectivity index (χ0v) is 11.5. The number of aliphatic hydroxyl groups is 1. The predicted octanol–water partition coefficient (Wildman–Crippen LogP) is 4.02. The molecule has 2 aromatic rings. The average molecular weight is 279 g/mol. The van der Waals surface area contributed by atoms with Crippen molar-refractivity contribution in [1.82, 2.24) is 0 Å². The highest BCUT2D eigenvalue weighted by atomic mass is 35.5. The van der Waals surface area contributed by atoms with Gasteiger partial charge in [-0.3, -0.25) is 0 Å². The molecule has 0 amide bonds. The molecule has 0 bridgehead atoms. The van der Waals surface area contributed by atoms with Crippen LogP contribution in [0.25, 0.3) is 0 Å². The van der Waals surface area contributed by atoms with Crippen molar-refractivity contribution in [2.24, 2.45) is 0 Å². The Hall–Kier alpha value is -1.38. The topological polar surface area (TPSA) is 20.2 Å². The second-order valence-corrected chi connectivity index (χ2v) is 5.48. The fraction of sp³-hybridized carbons (Fsp3) is 0.250. The molecule has 0 aromatic heterocycles. The molecule has 0 aliphatic rings. The Bertz CT molecular complexity index is 552. The molecule has 1 atom stereocenters. The molecular formula is C16H16ClFO. The van der Waals surface area contributed by atoms with E-state index in [9.17, 15) is 9.50 Å². The molecule has 2 rings (SSSR count). The van der Waals surface area contributed by atoms with Crippen LogP contribution in [-0.4, -0.2) is 10.7 Å². The lowest BCUT2D eigenvalue weighted by Crippen LogP contribution is -2.30. The Labute approximate surface area is 117 Å². The molecule has 1 N–H and O–H groups in total. The summed E-state index contributed by atoms with van der Waals surface area (Å²) < 4.78 is 13.0. The van der Waals surface area contributed by atoms with Gasteiger partial charge in [0.05, 0.1) is 5.60 Å². The van der Waals surface area contributed by atoms with Crippen molar-refractivity contribution in [2.45, 2.75) is 25.4 Å². The maximum atomic E-state index is 13.0. The van der Waals surface area contributed by atoms with Crippen LogP contribution in [0.5, 0.6) is 0 Å². The van der Waals surface area contributed by atoms with E-state index in [0.717, 1.165) is 11.1 Å². The molecule has 0 aliphatic carbocycles. The average Bonchev–Trinajstić information content (AvgIpc) is 2.33. The van der Waals surface area contributed by atoms with Crippen LogP contribution in [0, 0.1) is 5.82 Å². The highest BCUT2D eigenvalue weighted by molar-refractivity contribution is 6.31. The number of hydrogen-bond donors (Lipinski definition) is 1. The van der Waals surface area contributed by atoms with Crippen LogP contribution in [0.4, 0.5) is 4.39 Å². The molecule has 0 aliphatic heterocycles. The SMILES string of the molecule is CC(O)(Cc1ccccc1)Cc1ccc(F)cc1Cl. The predicted molar refractivity (Wildman–Crippen MR) is 75.9 cm³/mol. The van der Waals surface area contributed by atoms with E-state index >= 15 is 0 Å². The summed E-state index contributed by atoms with van der Waals surface area (Å²) in [6.45, 7) is 1.76. The zero-order valence-electron chi connectivity index (χ0n) is 10.7. The van der Waals surface area contributed by atoms with Crippen molar-refractivity contribution < 1.29 is 9.50 Å². The summed E-state index contributed by atoms with van der Waals surface area (Å²) in [6.07, 6.45) is 0.919.